The maximum Gasteiger partial charge on any atom is 0.184 e. The van der Waals surface area contributed by atoms with E-state index in [-0.39, 0.29) is 34.0 Å². The van der Waals surface area contributed by atoms with Gasteiger partial charge in [0.25, 0.3) is 0 Å². The molecule has 2 aromatic heterocycles. The average Bonchev–Trinajstić information content (AvgIpc) is 2.74. The molecule has 31 heavy (non-hydrogen) atoms. The Balaban J connectivity index is 0.00000240. The maximum absolute atomic E-state index is 3.35. The van der Waals surface area contributed by atoms with Gasteiger partial charge < -0.3 is 34.0 Å². The first-order chi connectivity index (χ1) is 14.4. The highest BCUT2D eigenvalue weighted by Gasteiger charge is 2.03. The monoisotopic (exact) mass is 544 g/mol. The Hall–Kier alpha value is -1.62. The molecule has 4 bridgehead atoms. The van der Waals surface area contributed by atoms with Crippen LogP contribution in [0.1, 0.15) is 81.8 Å². The van der Waals surface area contributed by atoms with Crippen molar-refractivity contribution in [3.8, 4) is 23.7 Å². The summed E-state index contributed by atoms with van der Waals surface area (Å²) in [5, 5.41) is 0. The Kier molecular flexibility index (Phi) is 15.0. The molecule has 0 aliphatic carbocycles. The average molecular weight is 546 g/mol. The lowest BCUT2D eigenvalue weighted by Crippen LogP contribution is -3.00. The summed E-state index contributed by atoms with van der Waals surface area (Å²) in [6.45, 7) is 2.18. The van der Waals surface area contributed by atoms with Crippen LogP contribution in [0.4, 0.5) is 0 Å². The van der Waals surface area contributed by atoms with Gasteiger partial charge in [-0.25, -0.2) is 9.13 Å². The van der Waals surface area contributed by atoms with E-state index in [0.717, 1.165) is 37.1 Å². The Morgan fingerprint density at radius 3 is 1.45 bits per heavy atom. The van der Waals surface area contributed by atoms with Crippen molar-refractivity contribution < 1.29 is 43.1 Å². The molecule has 2 nitrogen and oxygen atoms in total. The first-order valence-electron chi connectivity index (χ1n) is 11.4. The summed E-state index contributed by atoms with van der Waals surface area (Å²) in [5.41, 5.74) is 2.28. The number of halogens is 2. The Morgan fingerprint density at radius 1 is 0.548 bits per heavy atom. The van der Waals surface area contributed by atoms with E-state index in [4.69, 9.17) is 0 Å². The molecule has 0 atom stereocenters. The summed E-state index contributed by atoms with van der Waals surface area (Å²) in [7, 11) is 0. The first kappa shape index (κ1) is 27.4. The molecule has 1 aliphatic heterocycles. The lowest BCUT2D eigenvalue weighted by atomic mass is 10.1. The smallest absolute Gasteiger partial charge is 0.184 e. The van der Waals surface area contributed by atoms with Gasteiger partial charge in [0.1, 0.15) is 13.1 Å². The molecule has 1 aliphatic rings. The summed E-state index contributed by atoms with van der Waals surface area (Å²) in [6.07, 6.45) is 21.9. The van der Waals surface area contributed by atoms with Gasteiger partial charge in [-0.15, -0.1) is 0 Å². The SMILES string of the molecule is C1#Cc2ccc[n+](c2)CCCCCCC[n+]2cccc(c2)C#CCCCCCC1.[Br-].[Br-]. The number of hydrogen-bond acceptors (Lipinski definition) is 0. The lowest BCUT2D eigenvalue weighted by Gasteiger charge is -2.00. The third-order valence-electron chi connectivity index (χ3n) is 5.37. The fourth-order valence-corrected chi connectivity index (χ4v) is 3.70. The topological polar surface area (TPSA) is 7.76 Å². The number of fused-ring (bicyclic) bond motifs is 4. The van der Waals surface area contributed by atoms with Gasteiger partial charge in [0.15, 0.2) is 24.8 Å². The van der Waals surface area contributed by atoms with Crippen molar-refractivity contribution in [3.05, 3.63) is 60.2 Å². The number of pyridine rings is 2. The molecule has 0 amide bonds. The second kappa shape index (κ2) is 17.0. The molecule has 0 radical (unpaired) electrons. The van der Waals surface area contributed by atoms with Gasteiger partial charge in [-0.1, -0.05) is 42.9 Å². The van der Waals surface area contributed by atoms with Crippen LogP contribution in [0.15, 0.2) is 49.1 Å². The van der Waals surface area contributed by atoms with E-state index in [2.05, 4.69) is 81.9 Å². The van der Waals surface area contributed by atoms with Gasteiger partial charge in [0, 0.05) is 37.8 Å². The Morgan fingerprint density at radius 2 is 0.968 bits per heavy atom. The number of nitrogens with zero attached hydrogens (tertiary/aromatic N) is 2. The van der Waals surface area contributed by atoms with Crippen LogP contribution in [0, 0.1) is 23.7 Å². The van der Waals surface area contributed by atoms with Gasteiger partial charge >= 0.3 is 0 Å². The molecular weight excluding hydrogens is 512 g/mol. The largest absolute Gasteiger partial charge is 1.00 e. The van der Waals surface area contributed by atoms with Gasteiger partial charge in [-0.05, 0) is 37.8 Å². The van der Waals surface area contributed by atoms with Crippen LogP contribution in [0.3, 0.4) is 0 Å². The van der Waals surface area contributed by atoms with E-state index in [1.165, 1.54) is 57.8 Å². The Bertz CT molecular complexity index is 814. The van der Waals surface area contributed by atoms with Crippen molar-refractivity contribution >= 4 is 0 Å². The highest BCUT2D eigenvalue weighted by Crippen LogP contribution is 2.06. The summed E-state index contributed by atoms with van der Waals surface area (Å²) in [4.78, 5) is 0. The highest BCUT2D eigenvalue weighted by atomic mass is 79.9. The normalized spacial score (nSPS) is 15.5. The summed E-state index contributed by atoms with van der Waals surface area (Å²) in [5.74, 6) is 13.4. The second-order valence-electron chi connectivity index (χ2n) is 7.95. The van der Waals surface area contributed by atoms with Crippen molar-refractivity contribution in [1.82, 2.24) is 0 Å². The van der Waals surface area contributed by atoms with Crippen molar-refractivity contribution in [2.75, 3.05) is 0 Å². The zero-order chi connectivity index (χ0) is 20.0. The second-order valence-corrected chi connectivity index (χ2v) is 7.95. The molecule has 3 heterocycles. The molecule has 0 fully saturated rings. The van der Waals surface area contributed by atoms with Crippen molar-refractivity contribution in [2.24, 2.45) is 0 Å². The van der Waals surface area contributed by atoms with Gasteiger partial charge in [0.05, 0.1) is 11.1 Å². The molecule has 0 saturated carbocycles. The predicted octanol–water partition coefficient (Wildman–Crippen LogP) is -1.02. The van der Waals surface area contributed by atoms with Crippen LogP contribution in [-0.4, -0.2) is 0 Å². The van der Waals surface area contributed by atoms with Crippen LogP contribution < -0.4 is 43.1 Å². The molecule has 166 valence electrons. The molecule has 0 saturated heterocycles. The molecule has 3 rings (SSSR count). The van der Waals surface area contributed by atoms with E-state index in [1.807, 2.05) is 0 Å². The summed E-state index contributed by atoms with van der Waals surface area (Å²) in [6, 6.07) is 8.49. The molecule has 2 aromatic rings. The van der Waals surface area contributed by atoms with Crippen LogP contribution in [0.2, 0.25) is 0 Å². The van der Waals surface area contributed by atoms with E-state index in [1.54, 1.807) is 0 Å². The number of hydrogen-bond donors (Lipinski definition) is 0. The van der Waals surface area contributed by atoms with Crippen molar-refractivity contribution in [2.45, 2.75) is 83.7 Å². The van der Waals surface area contributed by atoms with Crippen LogP contribution >= 0.6 is 0 Å². The van der Waals surface area contributed by atoms with E-state index in [0.29, 0.717) is 0 Å². The Labute approximate surface area is 210 Å². The summed E-state index contributed by atoms with van der Waals surface area (Å²) < 4.78 is 4.59. The highest BCUT2D eigenvalue weighted by molar-refractivity contribution is 5.30. The number of rotatable bonds is 0. The molecule has 0 aromatic carbocycles. The van der Waals surface area contributed by atoms with E-state index < -0.39 is 0 Å². The lowest BCUT2D eigenvalue weighted by molar-refractivity contribution is -0.697. The van der Waals surface area contributed by atoms with Gasteiger partial charge in [-0.2, -0.15) is 0 Å². The minimum absolute atomic E-state index is 0. The minimum Gasteiger partial charge on any atom is -1.00 e. The third kappa shape index (κ3) is 11.5. The maximum atomic E-state index is 3.35. The third-order valence-corrected chi connectivity index (χ3v) is 5.37. The van der Waals surface area contributed by atoms with Crippen molar-refractivity contribution in [3.63, 3.8) is 0 Å². The fourth-order valence-electron chi connectivity index (χ4n) is 3.70. The zero-order valence-corrected chi connectivity index (χ0v) is 21.6. The molecule has 0 N–H and O–H groups in total. The van der Waals surface area contributed by atoms with E-state index >= 15 is 0 Å². The van der Waals surface area contributed by atoms with Crippen molar-refractivity contribution in [1.29, 1.82) is 0 Å². The number of aryl methyl sites for hydroxylation is 2. The summed E-state index contributed by atoms with van der Waals surface area (Å²) >= 11 is 0. The molecular formula is C27H34Br2N2. The van der Waals surface area contributed by atoms with Crippen LogP contribution in [0.25, 0.3) is 0 Å². The van der Waals surface area contributed by atoms with E-state index in [9.17, 15) is 0 Å². The standard InChI is InChI=1S/C27H34N2.2BrH/c1-2-4-7-11-17-27-19-15-23-29(25-27)21-13-9-5-8-12-20-28-22-14-18-26(24-28)16-10-6-3-1;;/h14-15,18-19,22-25H,1-9,12-13,20-21H2;2*1H/q+2;;/p-2. The minimum atomic E-state index is 0. The first-order valence-corrected chi connectivity index (χ1v) is 11.4. The van der Waals surface area contributed by atoms with Gasteiger partial charge in [-0.3, -0.25) is 0 Å². The zero-order valence-electron chi connectivity index (χ0n) is 18.5. The predicted molar refractivity (Wildman–Crippen MR) is 118 cm³/mol. The molecule has 0 unspecified atom stereocenters. The van der Waals surface area contributed by atoms with Crippen LogP contribution in [-0.2, 0) is 13.1 Å². The fraction of sp³-hybridized carbons (Fsp3) is 0.481. The quantitative estimate of drug-likeness (QED) is 0.296. The van der Waals surface area contributed by atoms with Gasteiger partial charge in [0.2, 0.25) is 0 Å². The van der Waals surface area contributed by atoms with Crippen LogP contribution in [0.5, 0.6) is 0 Å². The molecule has 4 heteroatoms. The molecule has 0 spiro atoms. The number of aromatic nitrogens is 2.